The lowest BCUT2D eigenvalue weighted by Gasteiger charge is -2.36. The maximum Gasteiger partial charge on any atom is 0.232 e. The van der Waals surface area contributed by atoms with Gasteiger partial charge in [-0.2, -0.15) is 0 Å². The molecule has 4 nitrogen and oxygen atoms in total. The number of ether oxygens (including phenoxy) is 1. The lowest BCUT2D eigenvalue weighted by Crippen LogP contribution is -2.49. The molecule has 0 bridgehead atoms. The third-order valence-electron chi connectivity index (χ3n) is 4.80. The Kier molecular flexibility index (Phi) is 6.45. The second-order valence-electron chi connectivity index (χ2n) is 6.43. The van der Waals surface area contributed by atoms with Crippen LogP contribution in [0.5, 0.6) is 5.75 Å². The van der Waals surface area contributed by atoms with E-state index in [1.54, 1.807) is 18.9 Å². The first kappa shape index (κ1) is 18.6. The Balaban J connectivity index is 1.45. The second kappa shape index (κ2) is 8.99. The first-order valence-corrected chi connectivity index (χ1v) is 10.1. The number of rotatable bonds is 6. The van der Waals surface area contributed by atoms with E-state index in [1.165, 1.54) is 11.3 Å². The lowest BCUT2D eigenvalue weighted by molar-refractivity contribution is -0.128. The number of methoxy groups -OCH3 is 1. The van der Waals surface area contributed by atoms with E-state index < -0.39 is 0 Å². The van der Waals surface area contributed by atoms with E-state index in [0.29, 0.717) is 11.0 Å². The minimum atomic E-state index is 0.243. The highest BCUT2D eigenvalue weighted by molar-refractivity contribution is 8.00. The number of hydrogen-bond donors (Lipinski definition) is 0. The van der Waals surface area contributed by atoms with E-state index in [2.05, 4.69) is 36.1 Å². The van der Waals surface area contributed by atoms with Gasteiger partial charge < -0.3 is 14.5 Å². The molecule has 138 valence electrons. The van der Waals surface area contributed by atoms with E-state index in [0.717, 1.165) is 31.9 Å². The van der Waals surface area contributed by atoms with Gasteiger partial charge in [0, 0.05) is 37.1 Å². The largest absolute Gasteiger partial charge is 0.497 e. The van der Waals surface area contributed by atoms with Crippen molar-refractivity contribution in [2.45, 2.75) is 12.2 Å². The summed E-state index contributed by atoms with van der Waals surface area (Å²) < 4.78 is 5.21. The first-order valence-electron chi connectivity index (χ1n) is 9.00. The zero-order valence-electron chi connectivity index (χ0n) is 15.4. The van der Waals surface area contributed by atoms with Crippen molar-refractivity contribution in [2.24, 2.45) is 0 Å². The maximum atomic E-state index is 12.5. The van der Waals surface area contributed by atoms with Crippen molar-refractivity contribution in [1.82, 2.24) is 4.90 Å². The number of nitrogens with zero attached hydrogens (tertiary/aromatic N) is 2. The third kappa shape index (κ3) is 4.73. The second-order valence-corrected chi connectivity index (χ2v) is 7.76. The number of thioether (sulfide) groups is 1. The molecular weight excluding hydrogens is 344 g/mol. The van der Waals surface area contributed by atoms with Crippen molar-refractivity contribution in [1.29, 1.82) is 0 Å². The maximum absolute atomic E-state index is 12.5. The van der Waals surface area contributed by atoms with Gasteiger partial charge in [-0.05, 0) is 36.8 Å². The number of amides is 1. The summed E-state index contributed by atoms with van der Waals surface area (Å²) in [6.07, 6.45) is 0. The topological polar surface area (TPSA) is 32.8 Å². The molecule has 0 aromatic heterocycles. The number of piperazine rings is 1. The van der Waals surface area contributed by atoms with Crippen LogP contribution in [0.25, 0.3) is 0 Å². The van der Waals surface area contributed by atoms with Crippen molar-refractivity contribution in [3.05, 3.63) is 60.2 Å². The summed E-state index contributed by atoms with van der Waals surface area (Å²) >= 11 is 1.71. The van der Waals surface area contributed by atoms with Crippen molar-refractivity contribution in [3.8, 4) is 5.75 Å². The third-order valence-corrected chi connectivity index (χ3v) is 5.98. The molecule has 1 unspecified atom stereocenters. The Labute approximate surface area is 160 Å². The molecule has 0 saturated carbocycles. The Bertz CT molecular complexity index is 698. The lowest BCUT2D eigenvalue weighted by atomic mass is 10.2. The molecule has 1 aliphatic heterocycles. The molecule has 5 heteroatoms. The fourth-order valence-electron chi connectivity index (χ4n) is 3.11. The fourth-order valence-corrected chi connectivity index (χ4v) is 4.04. The van der Waals surface area contributed by atoms with Crippen LogP contribution in [-0.2, 0) is 4.79 Å². The van der Waals surface area contributed by atoms with Crippen LogP contribution in [0.3, 0.4) is 0 Å². The minimum absolute atomic E-state index is 0.243. The molecule has 3 rings (SSSR count). The van der Waals surface area contributed by atoms with E-state index in [9.17, 15) is 4.79 Å². The molecule has 0 spiro atoms. The van der Waals surface area contributed by atoms with Gasteiger partial charge in [-0.15, -0.1) is 11.8 Å². The molecular formula is C21H26N2O2S. The van der Waals surface area contributed by atoms with E-state index in [1.807, 2.05) is 35.2 Å². The van der Waals surface area contributed by atoms with Crippen molar-refractivity contribution in [3.63, 3.8) is 0 Å². The van der Waals surface area contributed by atoms with Crippen LogP contribution < -0.4 is 9.64 Å². The van der Waals surface area contributed by atoms with E-state index in [-0.39, 0.29) is 5.91 Å². The van der Waals surface area contributed by atoms with Crippen LogP contribution in [0.15, 0.2) is 54.6 Å². The van der Waals surface area contributed by atoms with E-state index >= 15 is 0 Å². The average Bonchev–Trinajstić information content (AvgIpc) is 2.72. The summed E-state index contributed by atoms with van der Waals surface area (Å²) in [6, 6.07) is 18.5. The van der Waals surface area contributed by atoms with Gasteiger partial charge in [-0.1, -0.05) is 30.3 Å². The Morgan fingerprint density at radius 3 is 2.31 bits per heavy atom. The summed E-state index contributed by atoms with van der Waals surface area (Å²) in [5.41, 5.74) is 2.46. The molecule has 2 aromatic rings. The highest BCUT2D eigenvalue weighted by Gasteiger charge is 2.22. The molecule has 26 heavy (non-hydrogen) atoms. The van der Waals surface area contributed by atoms with Gasteiger partial charge in [0.2, 0.25) is 5.91 Å². The minimum Gasteiger partial charge on any atom is -0.497 e. The average molecular weight is 371 g/mol. The predicted octanol–water partition coefficient (Wildman–Crippen LogP) is 3.84. The van der Waals surface area contributed by atoms with Gasteiger partial charge in [-0.25, -0.2) is 0 Å². The molecule has 0 N–H and O–H groups in total. The normalized spacial score (nSPS) is 15.6. The van der Waals surface area contributed by atoms with Crippen LogP contribution in [0.2, 0.25) is 0 Å². The van der Waals surface area contributed by atoms with Gasteiger partial charge in [-0.3, -0.25) is 4.79 Å². The first-order chi connectivity index (χ1) is 12.7. The van der Waals surface area contributed by atoms with Crippen molar-refractivity contribution < 1.29 is 9.53 Å². The van der Waals surface area contributed by atoms with Crippen LogP contribution in [0.1, 0.15) is 17.7 Å². The SMILES string of the molecule is COc1ccc(N2CCN(C(=O)CSC(C)c3ccccc3)CC2)cc1. The monoisotopic (exact) mass is 370 g/mol. The van der Waals surface area contributed by atoms with Gasteiger partial charge in [0.1, 0.15) is 5.75 Å². The molecule has 1 saturated heterocycles. The molecule has 1 amide bonds. The van der Waals surface area contributed by atoms with Crippen LogP contribution in [0.4, 0.5) is 5.69 Å². The Hall–Kier alpha value is -2.14. The van der Waals surface area contributed by atoms with Crippen molar-refractivity contribution >= 4 is 23.4 Å². The number of benzene rings is 2. The summed E-state index contributed by atoms with van der Waals surface area (Å²) in [4.78, 5) is 16.8. The molecule has 1 fully saturated rings. The molecule has 1 atom stereocenters. The summed E-state index contributed by atoms with van der Waals surface area (Å²) in [5, 5.41) is 0.334. The summed E-state index contributed by atoms with van der Waals surface area (Å²) in [5.74, 6) is 1.65. The molecule has 1 heterocycles. The molecule has 1 aliphatic rings. The van der Waals surface area contributed by atoms with Gasteiger partial charge >= 0.3 is 0 Å². The quantitative estimate of drug-likeness (QED) is 0.773. The highest BCUT2D eigenvalue weighted by Crippen LogP contribution is 2.28. The van der Waals surface area contributed by atoms with Gasteiger partial charge in [0.05, 0.1) is 12.9 Å². The number of hydrogen-bond acceptors (Lipinski definition) is 4. The zero-order valence-corrected chi connectivity index (χ0v) is 16.2. The smallest absolute Gasteiger partial charge is 0.232 e. The molecule has 0 aliphatic carbocycles. The standard InChI is InChI=1S/C21H26N2O2S/c1-17(18-6-4-3-5-7-18)26-16-21(24)23-14-12-22(13-15-23)19-8-10-20(25-2)11-9-19/h3-11,17H,12-16H2,1-2H3. The van der Waals surface area contributed by atoms with E-state index in [4.69, 9.17) is 4.74 Å². The Morgan fingerprint density at radius 2 is 1.69 bits per heavy atom. The van der Waals surface area contributed by atoms with Crippen LogP contribution >= 0.6 is 11.8 Å². The number of anilines is 1. The number of carbonyl (C=O) groups is 1. The summed E-state index contributed by atoms with van der Waals surface area (Å²) in [7, 11) is 1.68. The van der Waals surface area contributed by atoms with Crippen LogP contribution in [-0.4, -0.2) is 49.8 Å². The van der Waals surface area contributed by atoms with Crippen molar-refractivity contribution in [2.75, 3.05) is 43.9 Å². The van der Waals surface area contributed by atoms with Crippen LogP contribution in [0, 0.1) is 0 Å². The van der Waals surface area contributed by atoms with Gasteiger partial charge in [0.15, 0.2) is 0 Å². The fraction of sp³-hybridized carbons (Fsp3) is 0.381. The number of carbonyl (C=O) groups excluding carboxylic acids is 1. The highest BCUT2D eigenvalue weighted by atomic mass is 32.2. The Morgan fingerprint density at radius 1 is 1.04 bits per heavy atom. The summed E-state index contributed by atoms with van der Waals surface area (Å²) in [6.45, 7) is 5.47. The molecule has 2 aromatic carbocycles. The molecule has 0 radical (unpaired) electrons. The predicted molar refractivity (Wildman–Crippen MR) is 109 cm³/mol. The zero-order chi connectivity index (χ0) is 18.4. The van der Waals surface area contributed by atoms with Gasteiger partial charge in [0.25, 0.3) is 0 Å².